The van der Waals surface area contributed by atoms with Crippen LogP contribution < -0.4 is 10.2 Å². The lowest BCUT2D eigenvalue weighted by molar-refractivity contribution is 0.0817. The number of methoxy groups -OCH3 is 1. The highest BCUT2D eigenvalue weighted by molar-refractivity contribution is 5.37. The van der Waals surface area contributed by atoms with E-state index in [1.807, 2.05) is 0 Å². The molecule has 112 valence electrons. The van der Waals surface area contributed by atoms with Crippen LogP contribution in [0.25, 0.3) is 0 Å². The minimum absolute atomic E-state index is 0.402. The van der Waals surface area contributed by atoms with E-state index < -0.39 is 0 Å². The molecule has 20 heavy (non-hydrogen) atoms. The predicted octanol–water partition coefficient (Wildman–Crippen LogP) is 1.84. The Morgan fingerprint density at radius 2 is 2.05 bits per heavy atom. The van der Waals surface area contributed by atoms with Crippen molar-refractivity contribution in [3.8, 4) is 0 Å². The van der Waals surface area contributed by atoms with Gasteiger partial charge >= 0.3 is 0 Å². The SMILES string of the molecule is COC1CCN(c2ccc(CNCC(C)C)nn2)CC1. The molecule has 0 spiro atoms. The number of piperidine rings is 1. The second-order valence-corrected chi connectivity index (χ2v) is 5.83. The summed E-state index contributed by atoms with van der Waals surface area (Å²) in [5.41, 5.74) is 1.00. The highest BCUT2D eigenvalue weighted by Crippen LogP contribution is 2.18. The third-order valence-corrected chi connectivity index (χ3v) is 3.66. The standard InChI is InChI=1S/C15H26N4O/c1-12(2)10-16-11-13-4-5-15(18-17-13)19-8-6-14(20-3)7-9-19/h4-5,12,14,16H,6-11H2,1-3H3. The smallest absolute Gasteiger partial charge is 0.151 e. The third-order valence-electron chi connectivity index (χ3n) is 3.66. The Morgan fingerprint density at radius 3 is 2.60 bits per heavy atom. The highest BCUT2D eigenvalue weighted by Gasteiger charge is 2.19. The summed E-state index contributed by atoms with van der Waals surface area (Å²) in [7, 11) is 1.79. The van der Waals surface area contributed by atoms with E-state index in [1.54, 1.807) is 7.11 Å². The van der Waals surface area contributed by atoms with Crippen molar-refractivity contribution in [2.24, 2.45) is 5.92 Å². The van der Waals surface area contributed by atoms with E-state index in [2.05, 4.69) is 46.4 Å². The zero-order chi connectivity index (χ0) is 14.4. The van der Waals surface area contributed by atoms with E-state index in [9.17, 15) is 0 Å². The normalized spacial score (nSPS) is 16.9. The summed E-state index contributed by atoms with van der Waals surface area (Å²) in [6.45, 7) is 8.19. The van der Waals surface area contributed by atoms with Crippen molar-refractivity contribution in [1.29, 1.82) is 0 Å². The number of anilines is 1. The van der Waals surface area contributed by atoms with E-state index in [0.29, 0.717) is 12.0 Å². The van der Waals surface area contributed by atoms with Crippen LogP contribution in [0.4, 0.5) is 5.82 Å². The molecule has 0 unspecified atom stereocenters. The number of hydrogen-bond acceptors (Lipinski definition) is 5. The molecule has 1 N–H and O–H groups in total. The molecule has 0 saturated carbocycles. The molecule has 2 rings (SSSR count). The molecule has 0 radical (unpaired) electrons. The number of ether oxygens (including phenoxy) is 1. The monoisotopic (exact) mass is 278 g/mol. The van der Waals surface area contributed by atoms with Crippen LogP contribution in [0, 0.1) is 5.92 Å². The van der Waals surface area contributed by atoms with Crippen molar-refractivity contribution in [2.45, 2.75) is 39.3 Å². The lowest BCUT2D eigenvalue weighted by Gasteiger charge is -2.31. The fourth-order valence-electron chi connectivity index (χ4n) is 2.43. The topological polar surface area (TPSA) is 50.3 Å². The Bertz CT molecular complexity index is 385. The molecule has 1 aliphatic heterocycles. The number of hydrogen-bond donors (Lipinski definition) is 1. The van der Waals surface area contributed by atoms with Crippen LogP contribution in [-0.2, 0) is 11.3 Å². The van der Waals surface area contributed by atoms with Crippen LogP contribution in [0.2, 0.25) is 0 Å². The minimum Gasteiger partial charge on any atom is -0.381 e. The van der Waals surface area contributed by atoms with E-state index in [-0.39, 0.29) is 0 Å². The quantitative estimate of drug-likeness (QED) is 0.860. The van der Waals surface area contributed by atoms with Crippen molar-refractivity contribution in [1.82, 2.24) is 15.5 Å². The lowest BCUT2D eigenvalue weighted by Crippen LogP contribution is -2.37. The van der Waals surface area contributed by atoms with Crippen LogP contribution in [0.3, 0.4) is 0 Å². The van der Waals surface area contributed by atoms with Crippen molar-refractivity contribution in [2.75, 3.05) is 31.6 Å². The van der Waals surface area contributed by atoms with Crippen molar-refractivity contribution >= 4 is 5.82 Å². The second-order valence-electron chi connectivity index (χ2n) is 5.83. The Labute approximate surface area is 121 Å². The zero-order valence-corrected chi connectivity index (χ0v) is 12.8. The number of rotatable bonds is 6. The van der Waals surface area contributed by atoms with Gasteiger partial charge in [0.2, 0.25) is 0 Å². The fraction of sp³-hybridized carbons (Fsp3) is 0.733. The van der Waals surface area contributed by atoms with Crippen LogP contribution in [-0.4, -0.2) is 43.0 Å². The van der Waals surface area contributed by atoms with Gasteiger partial charge in [-0.3, -0.25) is 0 Å². The summed E-state index contributed by atoms with van der Waals surface area (Å²) in [5, 5.41) is 12.0. The predicted molar refractivity (Wildman–Crippen MR) is 80.8 cm³/mol. The largest absolute Gasteiger partial charge is 0.381 e. The Balaban J connectivity index is 1.82. The van der Waals surface area contributed by atoms with Gasteiger partial charge in [-0.25, -0.2) is 0 Å². The van der Waals surface area contributed by atoms with Crippen LogP contribution >= 0.6 is 0 Å². The highest BCUT2D eigenvalue weighted by atomic mass is 16.5. The van der Waals surface area contributed by atoms with Gasteiger partial charge in [-0.2, -0.15) is 5.10 Å². The van der Waals surface area contributed by atoms with Crippen LogP contribution in [0.5, 0.6) is 0 Å². The molecular weight excluding hydrogens is 252 g/mol. The molecule has 1 aromatic rings. The summed E-state index contributed by atoms with van der Waals surface area (Å²) in [6, 6.07) is 4.14. The Morgan fingerprint density at radius 1 is 1.30 bits per heavy atom. The first-order valence-electron chi connectivity index (χ1n) is 7.50. The lowest BCUT2D eigenvalue weighted by atomic mass is 10.1. The average molecular weight is 278 g/mol. The molecule has 0 aliphatic carbocycles. The Kier molecular flexibility index (Phi) is 5.73. The van der Waals surface area contributed by atoms with Crippen molar-refractivity contribution in [3.63, 3.8) is 0 Å². The molecule has 1 aromatic heterocycles. The molecule has 1 saturated heterocycles. The van der Waals surface area contributed by atoms with E-state index >= 15 is 0 Å². The Hall–Kier alpha value is -1.20. The van der Waals surface area contributed by atoms with Crippen LogP contribution in [0.1, 0.15) is 32.4 Å². The molecule has 1 fully saturated rings. The van der Waals surface area contributed by atoms with Gasteiger partial charge in [0.15, 0.2) is 5.82 Å². The van der Waals surface area contributed by atoms with Crippen molar-refractivity contribution in [3.05, 3.63) is 17.8 Å². The van der Waals surface area contributed by atoms with Gasteiger partial charge in [-0.05, 0) is 37.4 Å². The minimum atomic E-state index is 0.402. The summed E-state index contributed by atoms with van der Waals surface area (Å²) in [5.74, 6) is 1.64. The second kappa shape index (κ2) is 7.55. The molecule has 0 atom stereocenters. The summed E-state index contributed by atoms with van der Waals surface area (Å²) >= 11 is 0. The first-order valence-corrected chi connectivity index (χ1v) is 7.50. The molecule has 0 amide bonds. The van der Waals surface area contributed by atoms with E-state index in [4.69, 9.17) is 4.74 Å². The maximum Gasteiger partial charge on any atom is 0.151 e. The average Bonchev–Trinajstić information content (AvgIpc) is 2.48. The molecular formula is C15H26N4O. The maximum atomic E-state index is 5.39. The third kappa shape index (κ3) is 4.42. The fourth-order valence-corrected chi connectivity index (χ4v) is 2.43. The van der Waals surface area contributed by atoms with Crippen LogP contribution in [0.15, 0.2) is 12.1 Å². The number of nitrogens with zero attached hydrogens (tertiary/aromatic N) is 3. The molecule has 0 bridgehead atoms. The van der Waals surface area contributed by atoms with Gasteiger partial charge in [-0.1, -0.05) is 13.8 Å². The summed E-state index contributed by atoms with van der Waals surface area (Å²) in [4.78, 5) is 2.29. The first-order chi connectivity index (χ1) is 9.69. The van der Waals surface area contributed by atoms with Gasteiger partial charge in [-0.15, -0.1) is 5.10 Å². The van der Waals surface area contributed by atoms with E-state index in [1.165, 1.54) is 0 Å². The van der Waals surface area contributed by atoms with Gasteiger partial charge in [0.25, 0.3) is 0 Å². The maximum absolute atomic E-state index is 5.39. The molecule has 1 aliphatic rings. The molecule has 0 aromatic carbocycles. The summed E-state index contributed by atoms with van der Waals surface area (Å²) < 4.78 is 5.39. The number of nitrogens with one attached hydrogen (secondary N) is 1. The molecule has 5 heteroatoms. The molecule has 2 heterocycles. The van der Waals surface area contributed by atoms with Gasteiger partial charge in [0.05, 0.1) is 11.8 Å². The number of aromatic nitrogens is 2. The molecule has 5 nitrogen and oxygen atoms in total. The van der Waals surface area contributed by atoms with Gasteiger partial charge in [0, 0.05) is 26.7 Å². The van der Waals surface area contributed by atoms with Gasteiger partial charge in [0.1, 0.15) is 0 Å². The van der Waals surface area contributed by atoms with Crippen molar-refractivity contribution < 1.29 is 4.74 Å². The van der Waals surface area contributed by atoms with E-state index in [0.717, 1.165) is 50.5 Å². The zero-order valence-electron chi connectivity index (χ0n) is 12.8. The van der Waals surface area contributed by atoms with Gasteiger partial charge < -0.3 is 15.0 Å². The first kappa shape index (κ1) is 15.2. The summed E-state index contributed by atoms with van der Waals surface area (Å²) in [6.07, 6.45) is 2.53.